The van der Waals surface area contributed by atoms with E-state index >= 15 is 0 Å². The molecule has 1 fully saturated rings. The summed E-state index contributed by atoms with van der Waals surface area (Å²) in [4.78, 5) is 14.3. The molecule has 0 amide bonds. The van der Waals surface area contributed by atoms with Crippen molar-refractivity contribution in [3.8, 4) is 11.5 Å². The summed E-state index contributed by atoms with van der Waals surface area (Å²) in [6.07, 6.45) is 0.385. The molecule has 0 spiro atoms. The number of aliphatic hydroxyl groups is 1. The number of carbonyl (C=O) groups excluding carboxylic acids is 1. The lowest BCUT2D eigenvalue weighted by Crippen LogP contribution is -2.38. The first-order valence-corrected chi connectivity index (χ1v) is 12.2. The first-order chi connectivity index (χ1) is 17.5. The number of methoxy groups -OCH3 is 2. The lowest BCUT2D eigenvalue weighted by atomic mass is 9.73. The van der Waals surface area contributed by atoms with Crippen LogP contribution in [0.25, 0.3) is 0 Å². The summed E-state index contributed by atoms with van der Waals surface area (Å²) < 4.78 is 11.1. The van der Waals surface area contributed by atoms with E-state index in [0.717, 1.165) is 11.1 Å². The van der Waals surface area contributed by atoms with Gasteiger partial charge in [0.2, 0.25) is 0 Å². The largest absolute Gasteiger partial charge is 0.497 e. The Morgan fingerprint density at radius 3 is 1.78 bits per heavy atom. The highest BCUT2D eigenvalue weighted by atomic mass is 16.5. The average molecular weight is 479 g/mol. The normalized spacial score (nSPS) is 23.2. The van der Waals surface area contributed by atoms with E-state index in [-0.39, 0.29) is 17.6 Å². The van der Waals surface area contributed by atoms with E-state index in [2.05, 4.69) is 24.3 Å². The van der Waals surface area contributed by atoms with Gasteiger partial charge >= 0.3 is 0 Å². The molecule has 1 N–H and O–H groups in total. The third kappa shape index (κ3) is 4.29. The minimum absolute atomic E-state index is 0.0755. The molecule has 4 nitrogen and oxygen atoms in total. The zero-order chi connectivity index (χ0) is 25.1. The molecule has 0 bridgehead atoms. The number of hydrogen-bond acceptors (Lipinski definition) is 4. The number of hydrogen-bond donors (Lipinski definition) is 1. The second-order valence-corrected chi connectivity index (χ2v) is 9.39. The van der Waals surface area contributed by atoms with Crippen LogP contribution in [0.5, 0.6) is 11.5 Å². The van der Waals surface area contributed by atoms with Crippen molar-refractivity contribution in [1.82, 2.24) is 0 Å². The van der Waals surface area contributed by atoms with E-state index in [1.165, 1.54) is 0 Å². The van der Waals surface area contributed by atoms with Gasteiger partial charge in [-0.3, -0.25) is 4.79 Å². The number of ether oxygens (including phenoxy) is 2. The summed E-state index contributed by atoms with van der Waals surface area (Å²) in [5.74, 6) is 0.0414. The fraction of sp³-hybridized carbons (Fsp3) is 0.219. The second kappa shape index (κ2) is 10.00. The van der Waals surface area contributed by atoms with Gasteiger partial charge < -0.3 is 14.6 Å². The molecule has 4 atom stereocenters. The Bertz CT molecular complexity index is 1300. The zero-order valence-corrected chi connectivity index (χ0v) is 20.5. The van der Waals surface area contributed by atoms with Crippen LogP contribution in [0.4, 0.5) is 0 Å². The van der Waals surface area contributed by atoms with Crippen molar-refractivity contribution in [2.24, 2.45) is 5.92 Å². The van der Waals surface area contributed by atoms with Gasteiger partial charge in [0.05, 0.1) is 20.1 Å². The molecule has 36 heavy (non-hydrogen) atoms. The van der Waals surface area contributed by atoms with Crippen LogP contribution in [0.2, 0.25) is 0 Å². The molecular weight excluding hydrogens is 448 g/mol. The Hall–Kier alpha value is -3.89. The van der Waals surface area contributed by atoms with E-state index in [9.17, 15) is 9.90 Å². The summed E-state index contributed by atoms with van der Waals surface area (Å²) in [7, 11) is 3.17. The zero-order valence-electron chi connectivity index (χ0n) is 20.5. The topological polar surface area (TPSA) is 55.8 Å². The number of carbonyl (C=O) groups is 1. The van der Waals surface area contributed by atoms with E-state index < -0.39 is 11.5 Å². The Labute approximate surface area is 212 Å². The van der Waals surface area contributed by atoms with Gasteiger partial charge in [0.15, 0.2) is 5.78 Å². The predicted octanol–water partition coefficient (Wildman–Crippen LogP) is 6.36. The van der Waals surface area contributed by atoms with Crippen LogP contribution in [0.1, 0.15) is 45.3 Å². The Balaban J connectivity index is 1.75. The maximum absolute atomic E-state index is 14.3. The van der Waals surface area contributed by atoms with Crippen LogP contribution in [0, 0.1) is 5.92 Å². The minimum atomic E-state index is -1.45. The summed E-state index contributed by atoms with van der Waals surface area (Å²) in [6.45, 7) is 0. The van der Waals surface area contributed by atoms with Gasteiger partial charge in [-0.25, -0.2) is 0 Å². The Morgan fingerprint density at radius 2 is 1.25 bits per heavy atom. The SMILES string of the molecule is COc1cc(OC)cc([C@@]2(O)C[C@H](c3ccccc3)[C@@H](c3ccccc3)[C@@H]2C(=O)c2ccccc2)c1. The molecule has 1 aliphatic rings. The number of benzene rings is 4. The molecule has 0 saturated heterocycles. The standard InChI is InChI=1S/C32H30O4/c1-35-26-18-25(19-27(20-26)36-2)32(34)21-28(22-12-6-3-7-13-22)29(23-14-8-4-9-15-23)30(32)31(33)24-16-10-5-11-17-24/h3-20,28-30,34H,21H2,1-2H3/t28-,29-,30-,32+/m1/s1. The van der Waals surface area contributed by atoms with E-state index in [1.807, 2.05) is 78.9 Å². The molecule has 5 rings (SSSR count). The van der Waals surface area contributed by atoms with Crippen molar-refractivity contribution in [2.75, 3.05) is 14.2 Å². The van der Waals surface area contributed by atoms with E-state index in [4.69, 9.17) is 9.47 Å². The molecule has 4 aromatic rings. The number of Topliss-reactive ketones (excluding diaryl/α,β-unsaturated/α-hetero) is 1. The van der Waals surface area contributed by atoms with Gasteiger partial charge in [-0.15, -0.1) is 0 Å². The van der Waals surface area contributed by atoms with Gasteiger partial charge in [-0.1, -0.05) is 91.0 Å². The summed E-state index contributed by atoms with van der Waals surface area (Å²) in [6, 6.07) is 35.0. The highest BCUT2D eigenvalue weighted by molar-refractivity contribution is 5.99. The lowest BCUT2D eigenvalue weighted by molar-refractivity contribution is -0.000563. The average Bonchev–Trinajstić information content (AvgIpc) is 3.28. The van der Waals surface area contributed by atoms with E-state index in [1.54, 1.807) is 20.3 Å². The maximum Gasteiger partial charge on any atom is 0.169 e. The van der Waals surface area contributed by atoms with Crippen molar-refractivity contribution in [2.45, 2.75) is 23.9 Å². The smallest absolute Gasteiger partial charge is 0.169 e. The van der Waals surface area contributed by atoms with Crippen molar-refractivity contribution >= 4 is 5.78 Å². The molecule has 182 valence electrons. The number of ketones is 1. The first kappa shape index (κ1) is 23.8. The molecule has 0 aromatic heterocycles. The van der Waals surface area contributed by atoms with E-state index in [0.29, 0.717) is 29.0 Å². The van der Waals surface area contributed by atoms with Crippen LogP contribution in [-0.2, 0) is 5.60 Å². The van der Waals surface area contributed by atoms with Gasteiger partial charge in [0.1, 0.15) is 17.1 Å². The molecule has 0 aliphatic heterocycles. The first-order valence-electron chi connectivity index (χ1n) is 12.2. The molecule has 1 saturated carbocycles. The van der Waals surface area contributed by atoms with Crippen LogP contribution in [0.3, 0.4) is 0 Å². The summed E-state index contributed by atoms with van der Waals surface area (Å²) in [5, 5.41) is 12.6. The van der Waals surface area contributed by atoms with Crippen molar-refractivity contribution in [3.05, 3.63) is 131 Å². The molecular formula is C32H30O4. The summed E-state index contributed by atoms with van der Waals surface area (Å²) >= 11 is 0. The van der Waals surface area contributed by atoms with Crippen LogP contribution in [-0.4, -0.2) is 25.1 Å². The molecule has 0 heterocycles. The minimum Gasteiger partial charge on any atom is -0.497 e. The van der Waals surface area contributed by atoms with Crippen LogP contribution in [0.15, 0.2) is 109 Å². The second-order valence-electron chi connectivity index (χ2n) is 9.39. The van der Waals surface area contributed by atoms with Crippen LogP contribution >= 0.6 is 0 Å². The van der Waals surface area contributed by atoms with Crippen molar-refractivity contribution in [3.63, 3.8) is 0 Å². The lowest BCUT2D eigenvalue weighted by Gasteiger charge is -2.33. The molecule has 4 heteroatoms. The molecule has 0 radical (unpaired) electrons. The van der Waals surface area contributed by atoms with Crippen molar-refractivity contribution in [1.29, 1.82) is 0 Å². The van der Waals surface area contributed by atoms with Gasteiger partial charge in [0, 0.05) is 17.5 Å². The molecule has 4 aromatic carbocycles. The third-order valence-corrected chi connectivity index (χ3v) is 7.44. The van der Waals surface area contributed by atoms with Crippen LogP contribution < -0.4 is 9.47 Å². The predicted molar refractivity (Wildman–Crippen MR) is 141 cm³/mol. The highest BCUT2D eigenvalue weighted by Gasteiger charge is 2.57. The van der Waals surface area contributed by atoms with Crippen molar-refractivity contribution < 1.29 is 19.4 Å². The fourth-order valence-corrected chi connectivity index (χ4v) is 5.76. The quantitative estimate of drug-likeness (QED) is 0.314. The monoisotopic (exact) mass is 478 g/mol. The fourth-order valence-electron chi connectivity index (χ4n) is 5.76. The third-order valence-electron chi connectivity index (χ3n) is 7.44. The summed E-state index contributed by atoms with van der Waals surface area (Å²) in [5.41, 5.74) is 1.89. The Kier molecular flexibility index (Phi) is 6.62. The maximum atomic E-state index is 14.3. The molecule has 0 unspecified atom stereocenters. The Morgan fingerprint density at radius 1 is 0.750 bits per heavy atom. The number of rotatable bonds is 7. The van der Waals surface area contributed by atoms with Gasteiger partial charge in [-0.05, 0) is 41.2 Å². The molecule has 1 aliphatic carbocycles. The highest BCUT2D eigenvalue weighted by Crippen LogP contribution is 2.59. The van der Waals surface area contributed by atoms with Gasteiger partial charge in [0.25, 0.3) is 0 Å². The van der Waals surface area contributed by atoms with Gasteiger partial charge in [-0.2, -0.15) is 0 Å².